The fourth-order valence-corrected chi connectivity index (χ4v) is 3.35. The lowest BCUT2D eigenvalue weighted by Crippen LogP contribution is -2.43. The number of aromatic nitrogens is 2. The first-order chi connectivity index (χ1) is 12.8. The van der Waals surface area contributed by atoms with Crippen molar-refractivity contribution >= 4 is 16.9 Å². The van der Waals surface area contributed by atoms with Crippen LogP contribution in [0, 0.1) is 0 Å². The van der Waals surface area contributed by atoms with Crippen LogP contribution in [-0.4, -0.2) is 28.5 Å². The topological polar surface area (TPSA) is 81.8 Å². The maximum absolute atomic E-state index is 12.3. The molecule has 1 aliphatic rings. The molecular formula is C20H23N5O. The van der Waals surface area contributed by atoms with Crippen LogP contribution in [-0.2, 0) is 11.2 Å². The van der Waals surface area contributed by atoms with Gasteiger partial charge in [0.2, 0.25) is 5.91 Å². The number of nitrogens with zero attached hydrogens (tertiary/aromatic N) is 1. The quantitative estimate of drug-likeness (QED) is 0.514. The third-order valence-corrected chi connectivity index (χ3v) is 4.75. The second-order valence-corrected chi connectivity index (χ2v) is 6.64. The lowest BCUT2D eigenvalue weighted by molar-refractivity contribution is -0.122. The number of hydrazine groups is 1. The van der Waals surface area contributed by atoms with E-state index in [1.807, 2.05) is 42.5 Å². The summed E-state index contributed by atoms with van der Waals surface area (Å²) in [6.45, 7) is 0.643. The highest BCUT2D eigenvalue weighted by Crippen LogP contribution is 2.21. The van der Waals surface area contributed by atoms with Crippen molar-refractivity contribution in [1.29, 1.82) is 0 Å². The number of nitrogens with one attached hydrogen (secondary N) is 4. The van der Waals surface area contributed by atoms with Crippen molar-refractivity contribution in [2.24, 2.45) is 0 Å². The highest BCUT2D eigenvalue weighted by atomic mass is 16.2. The summed E-state index contributed by atoms with van der Waals surface area (Å²) in [5.74, 6) is 1.01. The van der Waals surface area contributed by atoms with E-state index in [1.165, 1.54) is 5.56 Å². The normalized spacial score (nSPS) is 19.7. The largest absolute Gasteiger partial charge is 0.355 e. The Morgan fingerprint density at radius 3 is 2.73 bits per heavy atom. The minimum absolute atomic E-state index is 0.0422. The maximum atomic E-state index is 12.3. The highest BCUT2D eigenvalue weighted by Gasteiger charge is 2.29. The van der Waals surface area contributed by atoms with Gasteiger partial charge in [0.15, 0.2) is 0 Å². The van der Waals surface area contributed by atoms with Crippen LogP contribution in [0.4, 0.5) is 0 Å². The number of para-hydroxylation sites is 2. The molecule has 134 valence electrons. The SMILES string of the molecule is O=C(NCCCc1nc2ccccc2[nH]1)C1CC(c2ccccc2)NN1. The molecule has 6 nitrogen and oxygen atoms in total. The van der Waals surface area contributed by atoms with Gasteiger partial charge < -0.3 is 10.3 Å². The number of H-pyrrole nitrogens is 1. The fourth-order valence-electron chi connectivity index (χ4n) is 3.35. The van der Waals surface area contributed by atoms with Gasteiger partial charge in [-0.1, -0.05) is 42.5 Å². The fraction of sp³-hybridized carbons (Fsp3) is 0.300. The zero-order valence-corrected chi connectivity index (χ0v) is 14.5. The van der Waals surface area contributed by atoms with Gasteiger partial charge in [-0.25, -0.2) is 15.8 Å². The van der Waals surface area contributed by atoms with Crippen LogP contribution in [0.3, 0.4) is 0 Å². The summed E-state index contributed by atoms with van der Waals surface area (Å²) < 4.78 is 0. The summed E-state index contributed by atoms with van der Waals surface area (Å²) in [6, 6.07) is 18.2. The molecule has 26 heavy (non-hydrogen) atoms. The Kier molecular flexibility index (Phi) is 4.95. The molecule has 1 saturated heterocycles. The van der Waals surface area contributed by atoms with Crippen molar-refractivity contribution < 1.29 is 4.79 Å². The van der Waals surface area contributed by atoms with E-state index in [-0.39, 0.29) is 18.0 Å². The minimum Gasteiger partial charge on any atom is -0.355 e. The number of aromatic amines is 1. The van der Waals surface area contributed by atoms with Gasteiger partial charge in [-0.2, -0.15) is 0 Å². The number of rotatable bonds is 6. The van der Waals surface area contributed by atoms with Crippen LogP contribution < -0.4 is 16.2 Å². The van der Waals surface area contributed by atoms with Crippen molar-refractivity contribution in [1.82, 2.24) is 26.1 Å². The number of benzene rings is 2. The van der Waals surface area contributed by atoms with Gasteiger partial charge in [0.05, 0.1) is 11.0 Å². The molecule has 2 unspecified atom stereocenters. The molecule has 2 atom stereocenters. The van der Waals surface area contributed by atoms with Crippen molar-refractivity contribution in [3.8, 4) is 0 Å². The van der Waals surface area contributed by atoms with Crippen molar-refractivity contribution in [2.45, 2.75) is 31.3 Å². The van der Waals surface area contributed by atoms with Gasteiger partial charge in [-0.15, -0.1) is 0 Å². The summed E-state index contributed by atoms with van der Waals surface area (Å²) in [4.78, 5) is 20.2. The predicted octanol–water partition coefficient (Wildman–Crippen LogP) is 2.22. The Labute approximate surface area is 152 Å². The standard InChI is InChI=1S/C20H23N5O/c26-20(18-13-17(24-25-18)14-7-2-1-3-8-14)21-12-6-11-19-22-15-9-4-5-10-16(15)23-19/h1-5,7-10,17-18,24-25H,6,11-13H2,(H,21,26)(H,22,23). The Morgan fingerprint density at radius 2 is 1.88 bits per heavy atom. The van der Waals surface area contributed by atoms with Gasteiger partial charge >= 0.3 is 0 Å². The van der Waals surface area contributed by atoms with Crippen molar-refractivity contribution in [3.05, 3.63) is 66.0 Å². The van der Waals surface area contributed by atoms with Gasteiger partial charge in [0, 0.05) is 19.0 Å². The first-order valence-corrected chi connectivity index (χ1v) is 9.07. The average molecular weight is 349 g/mol. The van der Waals surface area contributed by atoms with E-state index in [4.69, 9.17) is 0 Å². The Hall–Kier alpha value is -2.70. The summed E-state index contributed by atoms with van der Waals surface area (Å²) in [6.07, 6.45) is 2.42. The molecule has 0 spiro atoms. The Bertz CT molecular complexity index is 843. The van der Waals surface area contributed by atoms with Crippen LogP contribution in [0.2, 0.25) is 0 Å². The van der Waals surface area contributed by atoms with Crippen LogP contribution in [0.1, 0.15) is 30.3 Å². The molecule has 2 aromatic carbocycles. The smallest absolute Gasteiger partial charge is 0.238 e. The van der Waals surface area contributed by atoms with Crippen LogP contribution in [0.5, 0.6) is 0 Å². The Morgan fingerprint density at radius 1 is 1.08 bits per heavy atom. The molecule has 0 radical (unpaired) electrons. The van der Waals surface area contributed by atoms with E-state index in [9.17, 15) is 4.79 Å². The van der Waals surface area contributed by atoms with E-state index < -0.39 is 0 Å². The first-order valence-electron chi connectivity index (χ1n) is 9.07. The number of fused-ring (bicyclic) bond motifs is 1. The molecule has 0 bridgehead atoms. The van der Waals surface area contributed by atoms with Gasteiger partial charge in [0.25, 0.3) is 0 Å². The highest BCUT2D eigenvalue weighted by molar-refractivity contribution is 5.82. The van der Waals surface area contributed by atoms with E-state index in [0.717, 1.165) is 36.1 Å². The maximum Gasteiger partial charge on any atom is 0.238 e. The molecule has 0 aliphatic carbocycles. The van der Waals surface area contributed by atoms with Gasteiger partial charge in [0.1, 0.15) is 11.9 Å². The molecule has 2 heterocycles. The van der Waals surface area contributed by atoms with E-state index in [0.29, 0.717) is 6.54 Å². The Balaban J connectivity index is 1.22. The summed E-state index contributed by atoms with van der Waals surface area (Å²) in [5.41, 5.74) is 9.55. The number of aryl methyl sites for hydroxylation is 1. The monoisotopic (exact) mass is 349 g/mol. The zero-order chi connectivity index (χ0) is 17.8. The number of carbonyl (C=O) groups is 1. The molecule has 3 aromatic rings. The number of amides is 1. The number of hydrogen-bond acceptors (Lipinski definition) is 4. The van der Waals surface area contributed by atoms with Crippen molar-refractivity contribution in [2.75, 3.05) is 6.54 Å². The summed E-state index contributed by atoms with van der Waals surface area (Å²) in [7, 11) is 0. The molecule has 4 N–H and O–H groups in total. The van der Waals surface area contributed by atoms with E-state index in [2.05, 4.69) is 38.3 Å². The van der Waals surface area contributed by atoms with Gasteiger partial charge in [-0.05, 0) is 30.5 Å². The number of carbonyl (C=O) groups excluding carboxylic acids is 1. The van der Waals surface area contributed by atoms with Crippen LogP contribution in [0.25, 0.3) is 11.0 Å². The molecule has 4 rings (SSSR count). The summed E-state index contributed by atoms with van der Waals surface area (Å²) >= 11 is 0. The van der Waals surface area contributed by atoms with E-state index >= 15 is 0 Å². The van der Waals surface area contributed by atoms with Crippen LogP contribution in [0.15, 0.2) is 54.6 Å². The molecule has 6 heteroatoms. The third-order valence-electron chi connectivity index (χ3n) is 4.75. The number of imidazole rings is 1. The second-order valence-electron chi connectivity index (χ2n) is 6.64. The van der Waals surface area contributed by atoms with Gasteiger partial charge in [-0.3, -0.25) is 4.79 Å². The van der Waals surface area contributed by atoms with Crippen LogP contribution >= 0.6 is 0 Å². The third kappa shape index (κ3) is 3.76. The predicted molar refractivity (Wildman–Crippen MR) is 101 cm³/mol. The molecule has 1 aromatic heterocycles. The van der Waals surface area contributed by atoms with E-state index in [1.54, 1.807) is 0 Å². The molecule has 1 aliphatic heterocycles. The molecular weight excluding hydrogens is 326 g/mol. The lowest BCUT2D eigenvalue weighted by Gasteiger charge is -2.10. The van der Waals surface area contributed by atoms with Crippen molar-refractivity contribution in [3.63, 3.8) is 0 Å². The zero-order valence-electron chi connectivity index (χ0n) is 14.5. The number of hydrogen-bond donors (Lipinski definition) is 4. The molecule has 1 fully saturated rings. The lowest BCUT2D eigenvalue weighted by atomic mass is 10.0. The molecule has 1 amide bonds. The first kappa shape index (κ1) is 16.8. The summed E-state index contributed by atoms with van der Waals surface area (Å²) in [5, 5.41) is 3.02. The second kappa shape index (κ2) is 7.68. The molecule has 0 saturated carbocycles. The minimum atomic E-state index is -0.202. The average Bonchev–Trinajstić information content (AvgIpc) is 3.32.